The molecule has 1 fully saturated rings. The summed E-state index contributed by atoms with van der Waals surface area (Å²) in [6.07, 6.45) is 5.78. The number of hydrogen-bond acceptors (Lipinski definition) is 3. The van der Waals surface area contributed by atoms with Gasteiger partial charge in [0.1, 0.15) is 0 Å². The minimum Gasteiger partial charge on any atom is -0.355 e. The highest BCUT2D eigenvalue weighted by Crippen LogP contribution is 2.18. The maximum Gasteiger partial charge on any atom is 0.193 e. The normalized spacial score (nSPS) is 22.4. The van der Waals surface area contributed by atoms with Gasteiger partial charge in [-0.2, -0.15) is 0 Å². The first kappa shape index (κ1) is 18.9. The standard InChI is InChI=1S/C21H33N5/c1-18(24(3)16-19-9-5-4-6-10-19)15-23-21(22-2)26-14-11-20(17-26)25-12-7-8-13-25/h4-10,18,20H,11-17H2,1-3H3,(H,22,23). The largest absolute Gasteiger partial charge is 0.355 e. The van der Waals surface area contributed by atoms with Gasteiger partial charge in [-0.25, -0.2) is 0 Å². The first-order chi connectivity index (χ1) is 12.7. The van der Waals surface area contributed by atoms with Crippen LogP contribution in [0.2, 0.25) is 0 Å². The lowest BCUT2D eigenvalue weighted by atomic mass is 10.2. The SMILES string of the molecule is CN=C(NCC(C)N(C)Cc1ccccc1)N1CCC(N2CC=CC2)C1. The summed E-state index contributed by atoms with van der Waals surface area (Å²) < 4.78 is 0. The molecule has 1 saturated heterocycles. The number of guanidine groups is 1. The van der Waals surface area contributed by atoms with Gasteiger partial charge in [0.05, 0.1) is 0 Å². The molecule has 26 heavy (non-hydrogen) atoms. The Morgan fingerprint density at radius 3 is 2.69 bits per heavy atom. The maximum absolute atomic E-state index is 4.53. The summed E-state index contributed by atoms with van der Waals surface area (Å²) in [4.78, 5) is 11.9. The third-order valence-electron chi connectivity index (χ3n) is 5.62. The van der Waals surface area contributed by atoms with Gasteiger partial charge in [-0.15, -0.1) is 0 Å². The van der Waals surface area contributed by atoms with E-state index in [0.29, 0.717) is 12.1 Å². The van der Waals surface area contributed by atoms with Gasteiger partial charge in [0, 0.05) is 58.4 Å². The molecule has 3 rings (SSSR count). The molecule has 2 unspecified atom stereocenters. The monoisotopic (exact) mass is 355 g/mol. The van der Waals surface area contributed by atoms with Crippen molar-refractivity contribution in [3.63, 3.8) is 0 Å². The lowest BCUT2D eigenvalue weighted by Crippen LogP contribution is -2.47. The van der Waals surface area contributed by atoms with E-state index in [4.69, 9.17) is 0 Å². The molecule has 5 nitrogen and oxygen atoms in total. The molecule has 2 atom stereocenters. The zero-order chi connectivity index (χ0) is 18.4. The Kier molecular flexibility index (Phi) is 6.69. The number of hydrogen-bond donors (Lipinski definition) is 1. The molecule has 0 aromatic heterocycles. The fraction of sp³-hybridized carbons (Fsp3) is 0.571. The highest BCUT2D eigenvalue weighted by molar-refractivity contribution is 5.80. The molecule has 5 heteroatoms. The summed E-state index contributed by atoms with van der Waals surface area (Å²) in [5.41, 5.74) is 1.35. The van der Waals surface area contributed by atoms with Gasteiger partial charge in [0.15, 0.2) is 5.96 Å². The van der Waals surface area contributed by atoms with E-state index in [1.807, 2.05) is 7.05 Å². The van der Waals surface area contributed by atoms with Crippen LogP contribution < -0.4 is 5.32 Å². The van der Waals surface area contributed by atoms with Gasteiger partial charge < -0.3 is 10.2 Å². The van der Waals surface area contributed by atoms with Crippen molar-refractivity contribution in [1.29, 1.82) is 0 Å². The molecule has 0 spiro atoms. The van der Waals surface area contributed by atoms with Gasteiger partial charge in [-0.05, 0) is 26.0 Å². The minimum atomic E-state index is 0.438. The third-order valence-corrected chi connectivity index (χ3v) is 5.62. The minimum absolute atomic E-state index is 0.438. The predicted octanol–water partition coefficient (Wildman–Crippen LogP) is 2.03. The fourth-order valence-electron chi connectivity index (χ4n) is 3.78. The van der Waals surface area contributed by atoms with Crippen molar-refractivity contribution in [2.24, 2.45) is 4.99 Å². The molecule has 2 aliphatic rings. The molecular weight excluding hydrogens is 322 g/mol. The molecular formula is C21H33N5. The van der Waals surface area contributed by atoms with Crippen LogP contribution in [0.15, 0.2) is 47.5 Å². The second-order valence-corrected chi connectivity index (χ2v) is 7.49. The van der Waals surface area contributed by atoms with E-state index in [-0.39, 0.29) is 0 Å². The van der Waals surface area contributed by atoms with Crippen LogP contribution in [0.4, 0.5) is 0 Å². The summed E-state index contributed by atoms with van der Waals surface area (Å²) in [6, 6.07) is 11.7. The second-order valence-electron chi connectivity index (χ2n) is 7.49. The number of nitrogens with zero attached hydrogens (tertiary/aromatic N) is 4. The second kappa shape index (κ2) is 9.19. The molecule has 1 N–H and O–H groups in total. The van der Waals surface area contributed by atoms with Crippen LogP contribution in [0.25, 0.3) is 0 Å². The van der Waals surface area contributed by atoms with E-state index in [9.17, 15) is 0 Å². The van der Waals surface area contributed by atoms with E-state index in [2.05, 4.69) is 81.5 Å². The van der Waals surface area contributed by atoms with Crippen LogP contribution in [0.3, 0.4) is 0 Å². The van der Waals surface area contributed by atoms with Crippen LogP contribution in [-0.2, 0) is 6.54 Å². The Bertz CT molecular complexity index is 604. The Hall–Kier alpha value is -1.85. The predicted molar refractivity (Wildman–Crippen MR) is 109 cm³/mol. The summed E-state index contributed by atoms with van der Waals surface area (Å²) in [5, 5.41) is 3.59. The number of nitrogens with one attached hydrogen (secondary N) is 1. The van der Waals surface area contributed by atoms with Crippen molar-refractivity contribution in [3.05, 3.63) is 48.0 Å². The smallest absolute Gasteiger partial charge is 0.193 e. The number of likely N-dealkylation sites (N-methyl/N-ethyl adjacent to an activating group) is 1. The Morgan fingerprint density at radius 1 is 1.27 bits per heavy atom. The van der Waals surface area contributed by atoms with Crippen LogP contribution in [-0.4, -0.2) is 79.6 Å². The fourth-order valence-corrected chi connectivity index (χ4v) is 3.78. The molecule has 0 amide bonds. The lowest BCUT2D eigenvalue weighted by molar-refractivity contribution is 0.245. The van der Waals surface area contributed by atoms with Crippen molar-refractivity contribution >= 4 is 5.96 Å². The van der Waals surface area contributed by atoms with Crippen LogP contribution in [0, 0.1) is 0 Å². The molecule has 0 saturated carbocycles. The van der Waals surface area contributed by atoms with Crippen LogP contribution in [0.5, 0.6) is 0 Å². The number of benzene rings is 1. The molecule has 0 radical (unpaired) electrons. The van der Waals surface area contributed by atoms with E-state index in [1.165, 1.54) is 12.0 Å². The summed E-state index contributed by atoms with van der Waals surface area (Å²) in [6.45, 7) is 8.52. The van der Waals surface area contributed by atoms with Crippen molar-refractivity contribution in [1.82, 2.24) is 20.0 Å². The van der Waals surface area contributed by atoms with Gasteiger partial charge >= 0.3 is 0 Å². The van der Waals surface area contributed by atoms with E-state index in [1.54, 1.807) is 0 Å². The average molecular weight is 356 g/mol. The van der Waals surface area contributed by atoms with Crippen molar-refractivity contribution in [2.45, 2.75) is 32.0 Å². The average Bonchev–Trinajstić information content (AvgIpc) is 3.34. The Balaban J connectivity index is 1.45. The number of aliphatic imine (C=N–C) groups is 1. The summed E-state index contributed by atoms with van der Waals surface area (Å²) in [7, 11) is 4.08. The lowest BCUT2D eigenvalue weighted by Gasteiger charge is -2.28. The van der Waals surface area contributed by atoms with Crippen molar-refractivity contribution < 1.29 is 0 Å². The molecule has 1 aromatic carbocycles. The van der Waals surface area contributed by atoms with Crippen LogP contribution >= 0.6 is 0 Å². The van der Waals surface area contributed by atoms with Crippen molar-refractivity contribution in [3.8, 4) is 0 Å². The molecule has 0 aliphatic carbocycles. The van der Waals surface area contributed by atoms with E-state index in [0.717, 1.165) is 45.2 Å². The quantitative estimate of drug-likeness (QED) is 0.481. The number of likely N-dealkylation sites (tertiary alicyclic amines) is 1. The van der Waals surface area contributed by atoms with Gasteiger partial charge in [0.25, 0.3) is 0 Å². The van der Waals surface area contributed by atoms with Crippen molar-refractivity contribution in [2.75, 3.05) is 46.8 Å². The Morgan fingerprint density at radius 2 is 2.00 bits per heavy atom. The first-order valence-electron chi connectivity index (χ1n) is 9.76. The molecule has 2 aliphatic heterocycles. The van der Waals surface area contributed by atoms with E-state index >= 15 is 0 Å². The van der Waals surface area contributed by atoms with E-state index < -0.39 is 0 Å². The topological polar surface area (TPSA) is 34.1 Å². The van der Waals surface area contributed by atoms with Crippen LogP contribution in [0.1, 0.15) is 18.9 Å². The zero-order valence-electron chi connectivity index (χ0n) is 16.4. The zero-order valence-corrected chi connectivity index (χ0v) is 16.4. The molecule has 1 aromatic rings. The summed E-state index contributed by atoms with van der Waals surface area (Å²) >= 11 is 0. The first-order valence-corrected chi connectivity index (χ1v) is 9.76. The van der Waals surface area contributed by atoms with Gasteiger partial charge in [-0.1, -0.05) is 42.5 Å². The molecule has 142 valence electrons. The van der Waals surface area contributed by atoms with Gasteiger partial charge in [-0.3, -0.25) is 14.8 Å². The summed E-state index contributed by atoms with van der Waals surface area (Å²) in [5.74, 6) is 1.04. The highest BCUT2D eigenvalue weighted by Gasteiger charge is 2.29. The molecule has 0 bridgehead atoms. The Labute approximate surface area is 158 Å². The molecule has 2 heterocycles. The maximum atomic E-state index is 4.53. The van der Waals surface area contributed by atoms with Gasteiger partial charge in [0.2, 0.25) is 0 Å². The highest BCUT2D eigenvalue weighted by atomic mass is 15.3. The number of rotatable bonds is 6. The third kappa shape index (κ3) is 4.86.